The number of pyridine rings is 1. The number of carboxylic acids is 1. The van der Waals surface area contributed by atoms with Gasteiger partial charge in [-0.15, -0.1) is 0 Å². The number of benzene rings is 2. The molecule has 0 atom stereocenters. The van der Waals surface area contributed by atoms with Gasteiger partial charge in [-0.1, -0.05) is 19.3 Å². The van der Waals surface area contributed by atoms with Gasteiger partial charge in [-0.3, -0.25) is 9.69 Å². The number of carboxylic acid groups (broad SMARTS) is 1. The summed E-state index contributed by atoms with van der Waals surface area (Å²) >= 11 is 0. The summed E-state index contributed by atoms with van der Waals surface area (Å²) in [6.45, 7) is 3.56. The molecule has 8 heteroatoms. The molecule has 5 rings (SSSR count). The van der Waals surface area contributed by atoms with E-state index >= 15 is 0 Å². The summed E-state index contributed by atoms with van der Waals surface area (Å²) in [5.74, 6) is -1.19. The van der Waals surface area contributed by atoms with Crippen molar-refractivity contribution in [3.05, 3.63) is 65.5 Å². The van der Waals surface area contributed by atoms with E-state index in [1.165, 1.54) is 56.4 Å². The van der Waals surface area contributed by atoms with Gasteiger partial charge in [0.1, 0.15) is 11.6 Å². The Morgan fingerprint density at radius 2 is 1.66 bits per heavy atom. The highest BCUT2D eigenvalue weighted by atomic mass is 19.1. The Bertz CT molecular complexity index is 1230. The van der Waals surface area contributed by atoms with Crippen LogP contribution in [-0.2, 0) is 0 Å². The molecule has 35 heavy (non-hydrogen) atoms. The van der Waals surface area contributed by atoms with Crippen molar-refractivity contribution in [3.63, 3.8) is 0 Å². The van der Waals surface area contributed by atoms with E-state index in [0.717, 1.165) is 26.2 Å². The van der Waals surface area contributed by atoms with Crippen molar-refractivity contribution in [2.45, 2.75) is 38.1 Å². The summed E-state index contributed by atoms with van der Waals surface area (Å²) in [6.07, 6.45) is 6.51. The number of amides is 1. The van der Waals surface area contributed by atoms with Gasteiger partial charge in [0.15, 0.2) is 0 Å². The number of aromatic carboxylic acids is 1. The maximum atomic E-state index is 13.1. The lowest BCUT2D eigenvalue weighted by Gasteiger charge is -2.41. The van der Waals surface area contributed by atoms with E-state index in [2.05, 4.69) is 15.1 Å². The van der Waals surface area contributed by atoms with E-state index in [1.54, 1.807) is 24.3 Å². The maximum absolute atomic E-state index is 13.1. The van der Waals surface area contributed by atoms with Crippen molar-refractivity contribution in [2.24, 2.45) is 0 Å². The van der Waals surface area contributed by atoms with Crippen LogP contribution in [0.25, 0.3) is 10.9 Å². The van der Waals surface area contributed by atoms with Crippen molar-refractivity contribution >= 4 is 34.3 Å². The fourth-order valence-electron chi connectivity index (χ4n) is 5.20. The number of hydrogen-bond donors (Lipinski definition) is 2. The summed E-state index contributed by atoms with van der Waals surface area (Å²) < 4.78 is 13.1. The fraction of sp³-hybridized carbons (Fsp3) is 0.370. The Kier molecular flexibility index (Phi) is 6.63. The van der Waals surface area contributed by atoms with E-state index in [0.29, 0.717) is 34.0 Å². The number of anilines is 2. The number of nitrogens with zero attached hydrogens (tertiary/aromatic N) is 3. The largest absolute Gasteiger partial charge is 0.478 e. The number of nitrogens with one attached hydrogen (secondary N) is 1. The zero-order valence-electron chi connectivity index (χ0n) is 19.5. The quantitative estimate of drug-likeness (QED) is 0.551. The van der Waals surface area contributed by atoms with E-state index < -0.39 is 17.7 Å². The number of halogens is 1. The fourth-order valence-corrected chi connectivity index (χ4v) is 5.20. The second-order valence-corrected chi connectivity index (χ2v) is 9.34. The zero-order chi connectivity index (χ0) is 24.4. The van der Waals surface area contributed by atoms with Gasteiger partial charge in [0, 0.05) is 48.9 Å². The van der Waals surface area contributed by atoms with Crippen LogP contribution in [0.1, 0.15) is 52.8 Å². The second kappa shape index (κ2) is 10.00. The molecule has 3 aromatic rings. The van der Waals surface area contributed by atoms with Gasteiger partial charge in [-0.2, -0.15) is 0 Å². The number of carbonyl (C=O) groups excluding carboxylic acids is 1. The van der Waals surface area contributed by atoms with Crippen molar-refractivity contribution in [1.82, 2.24) is 9.88 Å². The summed E-state index contributed by atoms with van der Waals surface area (Å²) in [5, 5.41) is 13.1. The summed E-state index contributed by atoms with van der Waals surface area (Å²) in [4.78, 5) is 34.1. The van der Waals surface area contributed by atoms with Crippen LogP contribution in [0.2, 0.25) is 0 Å². The van der Waals surface area contributed by atoms with E-state index in [-0.39, 0.29) is 5.56 Å². The van der Waals surface area contributed by atoms with Crippen molar-refractivity contribution in [2.75, 3.05) is 36.4 Å². The van der Waals surface area contributed by atoms with Crippen LogP contribution < -0.4 is 10.2 Å². The Morgan fingerprint density at radius 1 is 0.943 bits per heavy atom. The van der Waals surface area contributed by atoms with E-state index in [4.69, 9.17) is 4.98 Å². The van der Waals surface area contributed by atoms with Crippen LogP contribution >= 0.6 is 0 Å². The number of rotatable bonds is 5. The van der Waals surface area contributed by atoms with Crippen LogP contribution in [0, 0.1) is 5.82 Å². The summed E-state index contributed by atoms with van der Waals surface area (Å²) in [6, 6.07) is 12.6. The molecule has 0 bridgehead atoms. The lowest BCUT2D eigenvalue weighted by molar-refractivity contribution is 0.0698. The molecule has 2 heterocycles. The third kappa shape index (κ3) is 5.12. The first-order chi connectivity index (χ1) is 17.0. The Hall–Kier alpha value is -3.52. The molecular formula is C27H29FN4O3. The van der Waals surface area contributed by atoms with Crippen LogP contribution in [0.4, 0.5) is 15.9 Å². The molecule has 2 aromatic carbocycles. The minimum atomic E-state index is -1.04. The lowest BCUT2D eigenvalue weighted by atomic mass is 9.94. The van der Waals surface area contributed by atoms with Gasteiger partial charge in [0.2, 0.25) is 0 Å². The summed E-state index contributed by atoms with van der Waals surface area (Å²) in [7, 11) is 0. The molecule has 2 fully saturated rings. The first kappa shape index (κ1) is 23.2. The van der Waals surface area contributed by atoms with Gasteiger partial charge >= 0.3 is 5.97 Å². The first-order valence-corrected chi connectivity index (χ1v) is 12.2. The molecule has 1 saturated carbocycles. The third-order valence-electron chi connectivity index (χ3n) is 7.12. The number of carbonyl (C=O) groups is 2. The number of hydrogen-bond acceptors (Lipinski definition) is 5. The normalized spacial score (nSPS) is 17.5. The molecule has 0 radical (unpaired) electrons. The molecule has 7 nitrogen and oxygen atoms in total. The average molecular weight is 477 g/mol. The minimum Gasteiger partial charge on any atom is -0.478 e. The van der Waals surface area contributed by atoms with Gasteiger partial charge in [0.25, 0.3) is 5.91 Å². The van der Waals surface area contributed by atoms with Gasteiger partial charge in [-0.25, -0.2) is 14.2 Å². The highest BCUT2D eigenvalue weighted by Gasteiger charge is 2.26. The molecule has 0 unspecified atom stereocenters. The molecule has 0 spiro atoms. The third-order valence-corrected chi connectivity index (χ3v) is 7.12. The van der Waals surface area contributed by atoms with Gasteiger partial charge < -0.3 is 15.3 Å². The minimum absolute atomic E-state index is 0.151. The average Bonchev–Trinajstić information content (AvgIpc) is 2.89. The van der Waals surface area contributed by atoms with Crippen LogP contribution in [0.5, 0.6) is 0 Å². The Balaban J connectivity index is 1.35. The van der Waals surface area contributed by atoms with Crippen molar-refractivity contribution < 1.29 is 19.1 Å². The van der Waals surface area contributed by atoms with E-state index in [9.17, 15) is 19.1 Å². The number of fused-ring (bicyclic) bond motifs is 1. The monoisotopic (exact) mass is 476 g/mol. The second-order valence-electron chi connectivity index (χ2n) is 9.34. The van der Waals surface area contributed by atoms with Crippen molar-refractivity contribution in [1.29, 1.82) is 0 Å². The lowest BCUT2D eigenvalue weighted by Crippen LogP contribution is -2.51. The zero-order valence-corrected chi connectivity index (χ0v) is 19.5. The number of piperazine rings is 1. The van der Waals surface area contributed by atoms with Gasteiger partial charge in [0.05, 0.1) is 11.1 Å². The molecule has 1 saturated heterocycles. The Morgan fingerprint density at radius 3 is 2.34 bits per heavy atom. The highest BCUT2D eigenvalue weighted by Crippen LogP contribution is 2.28. The standard InChI is InChI=1S/C27H29FN4O3/c28-19-8-6-18(7-9-19)26(33)29-20-10-11-24-22(16-20)23(27(34)35)17-25(30-24)32-14-12-31(13-15-32)21-4-2-1-3-5-21/h6-11,16-17,21H,1-5,12-15H2,(H,29,33)(H,34,35). The van der Waals surface area contributed by atoms with E-state index in [1.807, 2.05) is 0 Å². The first-order valence-electron chi connectivity index (χ1n) is 12.2. The molecule has 2 N–H and O–H groups in total. The smallest absolute Gasteiger partial charge is 0.336 e. The molecule has 182 valence electrons. The topological polar surface area (TPSA) is 85.8 Å². The predicted octanol–water partition coefficient (Wildman–Crippen LogP) is 4.78. The number of aromatic nitrogens is 1. The molecule has 1 aromatic heterocycles. The van der Waals surface area contributed by atoms with Crippen LogP contribution in [-0.4, -0.2) is 59.1 Å². The highest BCUT2D eigenvalue weighted by molar-refractivity contribution is 6.08. The molecule has 1 aliphatic heterocycles. The molecule has 2 aliphatic rings. The van der Waals surface area contributed by atoms with Crippen molar-refractivity contribution in [3.8, 4) is 0 Å². The predicted molar refractivity (Wildman–Crippen MR) is 134 cm³/mol. The Labute approximate surface area is 203 Å². The van der Waals surface area contributed by atoms with Crippen LogP contribution in [0.15, 0.2) is 48.5 Å². The van der Waals surface area contributed by atoms with Crippen LogP contribution in [0.3, 0.4) is 0 Å². The molecular weight excluding hydrogens is 447 g/mol. The maximum Gasteiger partial charge on any atom is 0.336 e. The SMILES string of the molecule is O=C(Nc1ccc2nc(N3CCN(C4CCCCC4)CC3)cc(C(=O)O)c2c1)c1ccc(F)cc1. The van der Waals surface area contributed by atoms with Gasteiger partial charge in [-0.05, 0) is 61.4 Å². The molecule has 1 aliphatic carbocycles. The summed E-state index contributed by atoms with van der Waals surface area (Å²) in [5.41, 5.74) is 1.47. The molecule has 1 amide bonds.